The average molecular weight is 217 g/mol. The SMILES string of the molecule is CN1CC(=O)Nc2ccc(CN=C=O)cc21. The molecule has 1 amide bonds. The van der Waals surface area contributed by atoms with Gasteiger partial charge in [0.15, 0.2) is 0 Å². The second kappa shape index (κ2) is 4.16. The fraction of sp³-hybridized carbons (Fsp3) is 0.273. The number of fused-ring (bicyclic) bond motifs is 1. The molecule has 1 aliphatic rings. The third-order valence-electron chi connectivity index (χ3n) is 2.45. The zero-order valence-corrected chi connectivity index (χ0v) is 8.86. The van der Waals surface area contributed by atoms with Crippen molar-refractivity contribution in [3.05, 3.63) is 23.8 Å². The van der Waals surface area contributed by atoms with Crippen LogP contribution in [0.3, 0.4) is 0 Å². The maximum absolute atomic E-state index is 11.3. The van der Waals surface area contributed by atoms with Crippen LogP contribution in [0.1, 0.15) is 5.56 Å². The van der Waals surface area contributed by atoms with Gasteiger partial charge in [-0.3, -0.25) is 4.79 Å². The van der Waals surface area contributed by atoms with Gasteiger partial charge in [-0.2, -0.15) is 0 Å². The molecular weight excluding hydrogens is 206 g/mol. The minimum absolute atomic E-state index is 0.0198. The van der Waals surface area contributed by atoms with E-state index < -0.39 is 0 Å². The zero-order valence-electron chi connectivity index (χ0n) is 8.86. The number of isocyanates is 1. The van der Waals surface area contributed by atoms with Crippen LogP contribution < -0.4 is 10.2 Å². The summed E-state index contributed by atoms with van der Waals surface area (Å²) in [5, 5.41) is 2.79. The largest absolute Gasteiger partial charge is 0.364 e. The van der Waals surface area contributed by atoms with E-state index in [1.807, 2.05) is 30.1 Å². The zero-order chi connectivity index (χ0) is 11.5. The lowest BCUT2D eigenvalue weighted by Gasteiger charge is -2.27. The van der Waals surface area contributed by atoms with E-state index in [0.29, 0.717) is 13.1 Å². The van der Waals surface area contributed by atoms with Gasteiger partial charge in [-0.05, 0) is 17.7 Å². The van der Waals surface area contributed by atoms with Crippen molar-refractivity contribution in [2.45, 2.75) is 6.54 Å². The van der Waals surface area contributed by atoms with Crippen LogP contribution in [0.2, 0.25) is 0 Å². The van der Waals surface area contributed by atoms with Crippen molar-refractivity contribution in [1.82, 2.24) is 0 Å². The molecule has 0 spiro atoms. The first-order chi connectivity index (χ1) is 7.70. The molecule has 1 aromatic rings. The highest BCUT2D eigenvalue weighted by molar-refractivity contribution is 6.01. The summed E-state index contributed by atoms with van der Waals surface area (Å²) in [6.07, 6.45) is 1.51. The topological polar surface area (TPSA) is 61.8 Å². The van der Waals surface area contributed by atoms with E-state index >= 15 is 0 Å². The lowest BCUT2D eigenvalue weighted by atomic mass is 10.1. The number of aliphatic imine (C=N–C) groups is 1. The number of nitrogens with zero attached hydrogens (tertiary/aromatic N) is 2. The number of likely N-dealkylation sites (N-methyl/N-ethyl adjacent to an activating group) is 1. The second-order valence-corrected chi connectivity index (χ2v) is 3.66. The van der Waals surface area contributed by atoms with Gasteiger partial charge in [-0.1, -0.05) is 6.07 Å². The Labute approximate surface area is 92.8 Å². The lowest BCUT2D eigenvalue weighted by molar-refractivity contribution is -0.115. The highest BCUT2D eigenvalue weighted by Gasteiger charge is 2.18. The molecule has 5 nitrogen and oxygen atoms in total. The Kier molecular flexibility index (Phi) is 2.70. The Morgan fingerprint density at radius 1 is 1.56 bits per heavy atom. The number of carbonyl (C=O) groups is 1. The Bertz CT molecular complexity index is 478. The molecule has 1 aromatic carbocycles. The molecule has 1 N–H and O–H groups in total. The van der Waals surface area contributed by atoms with Crippen LogP contribution in [0.25, 0.3) is 0 Å². The molecule has 0 aliphatic carbocycles. The summed E-state index contributed by atoms with van der Waals surface area (Å²) < 4.78 is 0. The third kappa shape index (κ3) is 1.94. The van der Waals surface area contributed by atoms with Crippen molar-refractivity contribution in [1.29, 1.82) is 0 Å². The molecule has 5 heteroatoms. The van der Waals surface area contributed by atoms with E-state index in [2.05, 4.69) is 10.3 Å². The van der Waals surface area contributed by atoms with Crippen LogP contribution in [-0.4, -0.2) is 25.6 Å². The summed E-state index contributed by atoms with van der Waals surface area (Å²) in [6.45, 7) is 0.659. The van der Waals surface area contributed by atoms with Gasteiger partial charge in [0.2, 0.25) is 12.0 Å². The highest BCUT2D eigenvalue weighted by Crippen LogP contribution is 2.29. The summed E-state index contributed by atoms with van der Waals surface area (Å²) in [7, 11) is 1.85. The number of rotatable bonds is 2. The Hall–Kier alpha value is -2.13. The van der Waals surface area contributed by atoms with E-state index in [0.717, 1.165) is 16.9 Å². The fourth-order valence-corrected chi connectivity index (χ4v) is 1.71. The van der Waals surface area contributed by atoms with Gasteiger partial charge in [0, 0.05) is 7.05 Å². The quantitative estimate of drug-likeness (QED) is 0.591. The molecule has 82 valence electrons. The van der Waals surface area contributed by atoms with E-state index in [4.69, 9.17) is 0 Å². The molecule has 2 rings (SSSR count). The van der Waals surface area contributed by atoms with E-state index in [9.17, 15) is 9.59 Å². The van der Waals surface area contributed by atoms with Crippen molar-refractivity contribution in [3.8, 4) is 0 Å². The first kappa shape index (κ1) is 10.4. The number of benzene rings is 1. The molecular formula is C11H11N3O2. The number of carbonyl (C=O) groups excluding carboxylic acids is 2. The molecule has 1 heterocycles. The van der Waals surface area contributed by atoms with E-state index in [1.54, 1.807) is 0 Å². The molecule has 0 bridgehead atoms. The number of amides is 1. The van der Waals surface area contributed by atoms with Gasteiger partial charge in [0.1, 0.15) is 0 Å². The number of hydrogen-bond donors (Lipinski definition) is 1. The van der Waals surface area contributed by atoms with Crippen molar-refractivity contribution < 1.29 is 9.59 Å². The summed E-state index contributed by atoms with van der Waals surface area (Å²) in [5.41, 5.74) is 2.65. The second-order valence-electron chi connectivity index (χ2n) is 3.66. The van der Waals surface area contributed by atoms with Gasteiger partial charge < -0.3 is 10.2 Å². The van der Waals surface area contributed by atoms with E-state index in [-0.39, 0.29) is 5.91 Å². The minimum atomic E-state index is -0.0198. The molecule has 1 aliphatic heterocycles. The van der Waals surface area contributed by atoms with Gasteiger partial charge in [0.05, 0.1) is 24.5 Å². The minimum Gasteiger partial charge on any atom is -0.364 e. The monoisotopic (exact) mass is 217 g/mol. The summed E-state index contributed by atoms with van der Waals surface area (Å²) >= 11 is 0. The molecule has 0 fully saturated rings. The molecule has 0 radical (unpaired) electrons. The maximum atomic E-state index is 11.3. The smallest absolute Gasteiger partial charge is 0.243 e. The van der Waals surface area contributed by atoms with Crippen molar-refractivity contribution >= 4 is 23.4 Å². The predicted octanol–water partition coefficient (Wildman–Crippen LogP) is 0.911. The maximum Gasteiger partial charge on any atom is 0.243 e. The molecule has 0 unspecified atom stereocenters. The van der Waals surface area contributed by atoms with Crippen molar-refractivity contribution in [2.75, 3.05) is 23.8 Å². The number of anilines is 2. The van der Waals surface area contributed by atoms with Gasteiger partial charge in [-0.15, -0.1) is 0 Å². The number of hydrogen-bond acceptors (Lipinski definition) is 4. The molecule has 0 atom stereocenters. The van der Waals surface area contributed by atoms with Crippen LogP contribution in [0, 0.1) is 0 Å². The van der Waals surface area contributed by atoms with Crippen molar-refractivity contribution in [3.63, 3.8) is 0 Å². The van der Waals surface area contributed by atoms with Gasteiger partial charge in [-0.25, -0.2) is 9.79 Å². The van der Waals surface area contributed by atoms with Crippen LogP contribution in [0.5, 0.6) is 0 Å². The highest BCUT2D eigenvalue weighted by atomic mass is 16.2. The Morgan fingerprint density at radius 2 is 2.38 bits per heavy atom. The number of nitrogens with one attached hydrogen (secondary N) is 1. The van der Waals surface area contributed by atoms with Crippen LogP contribution in [0.15, 0.2) is 23.2 Å². The fourth-order valence-electron chi connectivity index (χ4n) is 1.71. The molecule has 16 heavy (non-hydrogen) atoms. The average Bonchev–Trinajstić information content (AvgIpc) is 2.26. The molecule has 0 aromatic heterocycles. The van der Waals surface area contributed by atoms with E-state index in [1.165, 1.54) is 6.08 Å². The summed E-state index contributed by atoms with van der Waals surface area (Å²) in [6, 6.07) is 5.56. The first-order valence-electron chi connectivity index (χ1n) is 4.88. The third-order valence-corrected chi connectivity index (χ3v) is 2.45. The predicted molar refractivity (Wildman–Crippen MR) is 60.2 cm³/mol. The van der Waals surface area contributed by atoms with Crippen LogP contribution in [0.4, 0.5) is 11.4 Å². The van der Waals surface area contributed by atoms with Gasteiger partial charge in [0.25, 0.3) is 0 Å². The Morgan fingerprint density at radius 3 is 3.12 bits per heavy atom. The Balaban J connectivity index is 2.34. The lowest BCUT2D eigenvalue weighted by Crippen LogP contribution is -2.35. The molecule has 0 saturated carbocycles. The first-order valence-corrected chi connectivity index (χ1v) is 4.88. The van der Waals surface area contributed by atoms with Crippen molar-refractivity contribution in [2.24, 2.45) is 4.99 Å². The summed E-state index contributed by atoms with van der Waals surface area (Å²) in [5.74, 6) is -0.0198. The standard InChI is InChI=1S/C11H11N3O2/c1-14-6-11(16)13-9-3-2-8(4-10(9)14)5-12-7-15/h2-4H,5-6H2,1H3,(H,13,16). The normalized spacial score (nSPS) is 13.8. The molecule has 0 saturated heterocycles. The summed E-state index contributed by atoms with van der Waals surface area (Å²) in [4.78, 5) is 26.7. The van der Waals surface area contributed by atoms with Crippen LogP contribution >= 0.6 is 0 Å². The van der Waals surface area contributed by atoms with Gasteiger partial charge >= 0.3 is 0 Å². The van der Waals surface area contributed by atoms with Crippen LogP contribution in [-0.2, 0) is 16.1 Å².